The predicted molar refractivity (Wildman–Crippen MR) is 44.4 cm³/mol. The lowest BCUT2D eigenvalue weighted by Crippen LogP contribution is -2.07. The molecule has 0 radical (unpaired) electrons. The molecule has 3 nitrogen and oxygen atoms in total. The topological polar surface area (TPSA) is 52.2 Å². The van der Waals surface area contributed by atoms with Crippen molar-refractivity contribution in [2.75, 3.05) is 7.05 Å². The summed E-state index contributed by atoms with van der Waals surface area (Å²) in [6.07, 6.45) is 0. The second kappa shape index (κ2) is 7.40. The van der Waals surface area contributed by atoms with Crippen molar-refractivity contribution >= 4 is 11.3 Å². The summed E-state index contributed by atoms with van der Waals surface area (Å²) in [5, 5.41) is 0. The maximum absolute atomic E-state index is 9.26. The van der Waals surface area contributed by atoms with Gasteiger partial charge in [-0.3, -0.25) is 8.93 Å². The molecule has 0 fully saturated rings. The molecule has 1 rings (SSSR count). The monoisotopic (exact) mass is 172 g/mol. The standard InChI is InChI=1S/C6H6.CH5NO2S/c1-2-4-6-5-3-1;1-2-5(3)4/h1-6H;2H,1H3,(H,3,4)/p-1. The van der Waals surface area contributed by atoms with Crippen LogP contribution in [0.3, 0.4) is 0 Å². The molecule has 0 spiro atoms. The lowest BCUT2D eigenvalue weighted by atomic mass is 10.4. The van der Waals surface area contributed by atoms with Crippen LogP contribution < -0.4 is 4.72 Å². The summed E-state index contributed by atoms with van der Waals surface area (Å²) in [5.74, 6) is 0. The van der Waals surface area contributed by atoms with E-state index in [0.29, 0.717) is 0 Å². The van der Waals surface area contributed by atoms with Crippen molar-refractivity contribution in [1.82, 2.24) is 4.72 Å². The van der Waals surface area contributed by atoms with Gasteiger partial charge >= 0.3 is 0 Å². The second-order valence-corrected chi connectivity index (χ2v) is 2.47. The highest BCUT2D eigenvalue weighted by atomic mass is 32.2. The van der Waals surface area contributed by atoms with Gasteiger partial charge in [0.1, 0.15) is 0 Å². The Balaban J connectivity index is 0.000000187. The normalized spacial score (nSPS) is 11.1. The molecular formula is C7H10NO2S-. The molecule has 1 aromatic carbocycles. The first-order valence-corrected chi connectivity index (χ1v) is 4.11. The smallest absolute Gasteiger partial charge is 0.0178 e. The van der Waals surface area contributed by atoms with E-state index < -0.39 is 11.3 Å². The van der Waals surface area contributed by atoms with Crippen LogP contribution in [0.1, 0.15) is 0 Å². The van der Waals surface area contributed by atoms with Crippen LogP contribution in [0.25, 0.3) is 0 Å². The van der Waals surface area contributed by atoms with Gasteiger partial charge in [0.15, 0.2) is 0 Å². The first-order chi connectivity index (χ1) is 5.27. The highest BCUT2D eigenvalue weighted by Gasteiger charge is 1.58. The Morgan fingerprint density at radius 2 is 1.27 bits per heavy atom. The van der Waals surface area contributed by atoms with Crippen LogP contribution in [0.2, 0.25) is 0 Å². The van der Waals surface area contributed by atoms with Crippen LogP contribution in [0.4, 0.5) is 0 Å². The van der Waals surface area contributed by atoms with Crippen molar-refractivity contribution in [3.8, 4) is 0 Å². The van der Waals surface area contributed by atoms with Gasteiger partial charge in [-0.15, -0.1) is 0 Å². The zero-order valence-electron chi connectivity index (χ0n) is 6.19. The lowest BCUT2D eigenvalue weighted by Gasteiger charge is -1.95. The molecule has 0 saturated carbocycles. The van der Waals surface area contributed by atoms with E-state index in [0.717, 1.165) is 0 Å². The summed E-state index contributed by atoms with van der Waals surface area (Å²) in [6.45, 7) is 0. The number of nitrogens with one attached hydrogen (secondary N) is 1. The van der Waals surface area contributed by atoms with Crippen molar-refractivity contribution < 1.29 is 8.76 Å². The van der Waals surface area contributed by atoms with Crippen molar-refractivity contribution in [1.29, 1.82) is 0 Å². The minimum absolute atomic E-state index is 1.34. The number of benzene rings is 1. The Kier molecular flexibility index (Phi) is 6.92. The molecule has 0 aliphatic carbocycles. The third-order valence-electron chi connectivity index (χ3n) is 0.833. The van der Waals surface area contributed by atoms with E-state index in [1.807, 2.05) is 41.1 Å². The minimum atomic E-state index is -2.07. The van der Waals surface area contributed by atoms with Gasteiger partial charge in [-0.05, 0) is 7.05 Å². The van der Waals surface area contributed by atoms with Crippen LogP contribution in [0.5, 0.6) is 0 Å². The molecule has 0 amide bonds. The summed E-state index contributed by atoms with van der Waals surface area (Å²) in [5.41, 5.74) is 0. The van der Waals surface area contributed by atoms with Gasteiger partial charge in [0.05, 0.1) is 0 Å². The summed E-state index contributed by atoms with van der Waals surface area (Å²) >= 11 is -2.07. The summed E-state index contributed by atoms with van der Waals surface area (Å²) in [6, 6.07) is 12.0. The highest BCUT2D eigenvalue weighted by Crippen LogP contribution is 1.79. The average Bonchev–Trinajstić information content (AvgIpc) is 2.09. The van der Waals surface area contributed by atoms with Crippen LogP contribution in [-0.4, -0.2) is 15.8 Å². The molecule has 0 aliphatic heterocycles. The zero-order chi connectivity index (χ0) is 8.53. The Labute approximate surface area is 68.9 Å². The maximum atomic E-state index is 9.26. The van der Waals surface area contributed by atoms with Gasteiger partial charge in [0.2, 0.25) is 0 Å². The molecular weight excluding hydrogens is 162 g/mol. The molecule has 1 unspecified atom stereocenters. The summed E-state index contributed by atoms with van der Waals surface area (Å²) in [4.78, 5) is 0. The largest absolute Gasteiger partial charge is 0.760 e. The maximum Gasteiger partial charge on any atom is 0.0178 e. The summed E-state index contributed by atoms with van der Waals surface area (Å²) < 4.78 is 20.5. The van der Waals surface area contributed by atoms with Crippen molar-refractivity contribution in [2.24, 2.45) is 0 Å². The Hall–Kier alpha value is -0.710. The molecule has 1 N–H and O–H groups in total. The first-order valence-electron chi connectivity index (χ1n) is 3.04. The van der Waals surface area contributed by atoms with E-state index in [-0.39, 0.29) is 0 Å². The fraction of sp³-hybridized carbons (Fsp3) is 0.143. The minimum Gasteiger partial charge on any atom is -0.760 e. The Morgan fingerprint density at radius 1 is 1.09 bits per heavy atom. The molecule has 0 saturated heterocycles. The number of hydrogen-bond donors (Lipinski definition) is 1. The van der Waals surface area contributed by atoms with E-state index in [2.05, 4.69) is 0 Å². The quantitative estimate of drug-likeness (QED) is 0.633. The van der Waals surface area contributed by atoms with Crippen molar-refractivity contribution in [2.45, 2.75) is 0 Å². The van der Waals surface area contributed by atoms with Crippen LogP contribution in [0.15, 0.2) is 36.4 Å². The van der Waals surface area contributed by atoms with Gasteiger partial charge in [-0.1, -0.05) is 36.4 Å². The van der Waals surface area contributed by atoms with Gasteiger partial charge in [0.25, 0.3) is 0 Å². The van der Waals surface area contributed by atoms with Gasteiger partial charge in [-0.25, -0.2) is 0 Å². The molecule has 0 bridgehead atoms. The second-order valence-electron chi connectivity index (χ2n) is 1.59. The third-order valence-corrected chi connectivity index (χ3v) is 1.17. The zero-order valence-corrected chi connectivity index (χ0v) is 7.01. The van der Waals surface area contributed by atoms with E-state index in [1.54, 1.807) is 0 Å². The van der Waals surface area contributed by atoms with E-state index in [9.17, 15) is 8.76 Å². The number of rotatable bonds is 1. The summed E-state index contributed by atoms with van der Waals surface area (Å²) in [7, 11) is 1.34. The molecule has 4 heteroatoms. The molecule has 0 heterocycles. The van der Waals surface area contributed by atoms with Gasteiger partial charge in [-0.2, -0.15) is 0 Å². The Morgan fingerprint density at radius 3 is 1.36 bits per heavy atom. The molecule has 11 heavy (non-hydrogen) atoms. The van der Waals surface area contributed by atoms with Crippen LogP contribution >= 0.6 is 0 Å². The SMILES string of the molecule is CNS(=O)[O-].c1ccccc1. The molecule has 0 aromatic heterocycles. The van der Waals surface area contributed by atoms with Crippen molar-refractivity contribution in [3.63, 3.8) is 0 Å². The lowest BCUT2D eigenvalue weighted by molar-refractivity contribution is 0.529. The highest BCUT2D eigenvalue weighted by molar-refractivity contribution is 7.77. The predicted octanol–water partition coefficient (Wildman–Crippen LogP) is 0.686. The van der Waals surface area contributed by atoms with Gasteiger partial charge in [0, 0.05) is 11.3 Å². The van der Waals surface area contributed by atoms with Crippen LogP contribution in [-0.2, 0) is 11.3 Å². The average molecular weight is 172 g/mol. The molecule has 1 atom stereocenters. The fourth-order valence-electron chi connectivity index (χ4n) is 0.385. The molecule has 1 aromatic rings. The molecule has 0 aliphatic rings. The first kappa shape index (κ1) is 10.3. The molecule has 62 valence electrons. The van der Waals surface area contributed by atoms with E-state index in [4.69, 9.17) is 0 Å². The van der Waals surface area contributed by atoms with E-state index >= 15 is 0 Å². The third kappa shape index (κ3) is 9.29. The fourth-order valence-corrected chi connectivity index (χ4v) is 0.385. The van der Waals surface area contributed by atoms with Gasteiger partial charge < -0.3 is 4.55 Å². The van der Waals surface area contributed by atoms with Crippen LogP contribution in [0, 0.1) is 0 Å². The Bertz CT molecular complexity index is 164. The van der Waals surface area contributed by atoms with E-state index in [1.165, 1.54) is 7.05 Å². The number of hydrogen-bond acceptors (Lipinski definition) is 2. The van der Waals surface area contributed by atoms with Crippen molar-refractivity contribution in [3.05, 3.63) is 36.4 Å².